The fourth-order valence-electron chi connectivity index (χ4n) is 6.30. The summed E-state index contributed by atoms with van der Waals surface area (Å²) < 4.78 is 34.6. The van der Waals surface area contributed by atoms with Gasteiger partial charge in [-0.1, -0.05) is 24.3 Å². The van der Waals surface area contributed by atoms with Crippen molar-refractivity contribution in [3.05, 3.63) is 94.3 Å². The van der Waals surface area contributed by atoms with Gasteiger partial charge in [0.2, 0.25) is 0 Å². The summed E-state index contributed by atoms with van der Waals surface area (Å²) in [6.45, 7) is 0.530. The molecule has 2 aliphatic heterocycles. The molecule has 2 amide bonds. The van der Waals surface area contributed by atoms with Gasteiger partial charge in [0.05, 0.1) is 11.4 Å². The number of carbonyl (C=O) groups is 2. The summed E-state index contributed by atoms with van der Waals surface area (Å²) in [5.41, 5.74) is 3.84. The van der Waals surface area contributed by atoms with Gasteiger partial charge in [-0.3, -0.25) is 10.3 Å². The molecule has 1 aliphatic carbocycles. The third-order valence-electron chi connectivity index (χ3n) is 8.25. The zero-order chi connectivity index (χ0) is 26.4. The first-order chi connectivity index (χ1) is 18.3. The summed E-state index contributed by atoms with van der Waals surface area (Å²) in [5, 5.41) is 12.2. The van der Waals surface area contributed by atoms with Crippen molar-refractivity contribution in [2.45, 2.75) is 49.5 Å². The number of likely N-dealkylation sites (tertiary alicyclic amines) is 1. The van der Waals surface area contributed by atoms with E-state index < -0.39 is 29.4 Å². The largest absolute Gasteiger partial charge is 0.465 e. The quantitative estimate of drug-likeness (QED) is 0.397. The van der Waals surface area contributed by atoms with Gasteiger partial charge in [0.15, 0.2) is 11.6 Å². The molecular formula is C29H27F2N3O4. The normalized spacial score (nSPS) is 22.1. The Morgan fingerprint density at radius 3 is 2.71 bits per heavy atom. The Labute approximate surface area is 218 Å². The molecule has 2 aromatic carbocycles. The number of hydrogen-bond donors (Lipinski definition) is 2. The molecule has 7 nitrogen and oxygen atoms in total. The zero-order valence-electron chi connectivity index (χ0n) is 20.6. The lowest BCUT2D eigenvalue weighted by Gasteiger charge is -2.43. The Morgan fingerprint density at radius 2 is 1.92 bits per heavy atom. The zero-order valence-corrected chi connectivity index (χ0v) is 20.6. The van der Waals surface area contributed by atoms with Gasteiger partial charge in [0, 0.05) is 43.6 Å². The molecule has 0 bridgehead atoms. The van der Waals surface area contributed by atoms with E-state index in [1.807, 2.05) is 30.3 Å². The van der Waals surface area contributed by atoms with E-state index in [0.29, 0.717) is 43.4 Å². The van der Waals surface area contributed by atoms with Crippen molar-refractivity contribution in [1.29, 1.82) is 0 Å². The van der Waals surface area contributed by atoms with Crippen LogP contribution in [0.25, 0.3) is 0 Å². The van der Waals surface area contributed by atoms with E-state index >= 15 is 0 Å². The number of rotatable bonds is 2. The highest BCUT2D eigenvalue weighted by atomic mass is 19.2. The van der Waals surface area contributed by atoms with Crippen molar-refractivity contribution in [3.8, 4) is 0 Å². The first kappa shape index (κ1) is 24.3. The van der Waals surface area contributed by atoms with E-state index in [1.165, 1.54) is 4.90 Å². The number of carbonyl (C=O) groups excluding carboxylic acids is 1. The number of carboxylic acid groups (broad SMARTS) is 1. The molecule has 3 heterocycles. The average Bonchev–Trinajstić information content (AvgIpc) is 3.10. The third kappa shape index (κ3) is 4.15. The summed E-state index contributed by atoms with van der Waals surface area (Å²) >= 11 is 0. The Bertz CT molecular complexity index is 1420. The maximum Gasteiger partial charge on any atom is 0.412 e. The van der Waals surface area contributed by atoms with Crippen molar-refractivity contribution in [1.82, 2.24) is 9.88 Å². The molecule has 0 radical (unpaired) electrons. The molecule has 9 heteroatoms. The minimum atomic E-state index is -0.987. The van der Waals surface area contributed by atoms with Gasteiger partial charge in [-0.15, -0.1) is 0 Å². The van der Waals surface area contributed by atoms with Crippen molar-refractivity contribution >= 4 is 17.9 Å². The molecule has 2 atom stereocenters. The van der Waals surface area contributed by atoms with Crippen LogP contribution in [0.2, 0.25) is 0 Å². The van der Waals surface area contributed by atoms with Crippen molar-refractivity contribution in [2.75, 3.05) is 18.4 Å². The Hall–Kier alpha value is -4.01. The summed E-state index contributed by atoms with van der Waals surface area (Å²) in [5.74, 6) is -1.92. The van der Waals surface area contributed by atoms with Crippen molar-refractivity contribution in [3.63, 3.8) is 0 Å². The molecule has 0 saturated carbocycles. The second-order valence-corrected chi connectivity index (χ2v) is 10.3. The summed E-state index contributed by atoms with van der Waals surface area (Å²) in [6.07, 6.45) is 2.82. The molecule has 6 rings (SSSR count). The number of nitrogens with zero attached hydrogens (tertiary/aromatic N) is 2. The van der Waals surface area contributed by atoms with Gasteiger partial charge < -0.3 is 14.7 Å². The highest BCUT2D eigenvalue weighted by Gasteiger charge is 2.45. The number of piperidine rings is 1. The molecule has 3 aromatic rings. The van der Waals surface area contributed by atoms with Crippen LogP contribution in [-0.2, 0) is 16.8 Å². The van der Waals surface area contributed by atoms with Crippen LogP contribution in [0, 0.1) is 11.6 Å². The Kier molecular flexibility index (Phi) is 6.01. The fraction of sp³-hybridized carbons (Fsp3) is 0.345. The topological polar surface area (TPSA) is 91.8 Å². The molecule has 38 heavy (non-hydrogen) atoms. The number of amides is 2. The maximum absolute atomic E-state index is 14.7. The average molecular weight is 520 g/mol. The third-order valence-corrected chi connectivity index (χ3v) is 8.25. The number of halogens is 2. The standard InChI is InChI=1S/C29H27F2N3O4/c30-23-5-1-4-20(25(23)31)17-6-8-21(26-19(15-17)3-2-12-32-26)18-7-9-24-22(16-18)29(38-27(35)33-24)10-13-34(14-11-29)28(36)37/h1-5,7,9,12,16-17,21H,6,8,10-11,13-15H2,(H,33,35)(H,36,37)/t17-,21+/m1/s1. The number of fused-ring (bicyclic) bond motifs is 3. The molecule has 1 spiro atoms. The number of benzene rings is 2. The SMILES string of the molecule is O=C1Nc2ccc([C@@H]3CC[C@@H](c4cccc(F)c4F)Cc4cccnc43)cc2C2(CCN(C(=O)O)CC2)O1. The number of aromatic nitrogens is 1. The van der Waals surface area contributed by atoms with E-state index in [4.69, 9.17) is 9.72 Å². The van der Waals surface area contributed by atoms with Crippen LogP contribution in [0.4, 0.5) is 24.1 Å². The minimum absolute atomic E-state index is 0.0908. The second-order valence-electron chi connectivity index (χ2n) is 10.3. The van der Waals surface area contributed by atoms with Gasteiger partial charge in [0.25, 0.3) is 0 Å². The van der Waals surface area contributed by atoms with Gasteiger partial charge in [0.1, 0.15) is 5.60 Å². The fourth-order valence-corrected chi connectivity index (χ4v) is 6.30. The van der Waals surface area contributed by atoms with Crippen LogP contribution in [0.3, 0.4) is 0 Å². The lowest BCUT2D eigenvalue weighted by Crippen LogP contribution is -2.49. The number of nitrogens with one attached hydrogen (secondary N) is 1. The maximum atomic E-state index is 14.7. The van der Waals surface area contributed by atoms with E-state index in [9.17, 15) is 23.5 Å². The number of anilines is 1. The van der Waals surface area contributed by atoms with Gasteiger partial charge in [-0.05, 0) is 66.1 Å². The van der Waals surface area contributed by atoms with E-state index in [1.54, 1.807) is 18.3 Å². The number of ether oxygens (including phenoxy) is 1. The monoisotopic (exact) mass is 519 g/mol. The van der Waals surface area contributed by atoms with Gasteiger partial charge >= 0.3 is 12.2 Å². The van der Waals surface area contributed by atoms with Crippen LogP contribution in [0.5, 0.6) is 0 Å². The highest BCUT2D eigenvalue weighted by molar-refractivity contribution is 5.89. The predicted octanol–water partition coefficient (Wildman–Crippen LogP) is 6.14. The molecule has 0 unspecified atom stereocenters. The van der Waals surface area contributed by atoms with E-state index in [-0.39, 0.29) is 24.9 Å². The summed E-state index contributed by atoms with van der Waals surface area (Å²) in [7, 11) is 0. The number of hydrogen-bond acceptors (Lipinski definition) is 4. The minimum Gasteiger partial charge on any atom is -0.465 e. The summed E-state index contributed by atoms with van der Waals surface area (Å²) in [6, 6.07) is 14.1. The van der Waals surface area contributed by atoms with Crippen LogP contribution in [-0.4, -0.2) is 40.3 Å². The Balaban J connectivity index is 1.37. The molecule has 196 valence electrons. The van der Waals surface area contributed by atoms with Crippen LogP contribution >= 0.6 is 0 Å². The predicted molar refractivity (Wildman–Crippen MR) is 135 cm³/mol. The molecule has 1 aromatic heterocycles. The van der Waals surface area contributed by atoms with Gasteiger partial charge in [-0.25, -0.2) is 18.4 Å². The molecule has 2 N–H and O–H groups in total. The second kappa shape index (κ2) is 9.38. The molecule has 3 aliphatic rings. The van der Waals surface area contributed by atoms with Gasteiger partial charge in [-0.2, -0.15) is 0 Å². The molecule has 1 fully saturated rings. The lowest BCUT2D eigenvalue weighted by molar-refractivity contribution is -0.0337. The van der Waals surface area contributed by atoms with Crippen LogP contribution in [0.15, 0.2) is 54.7 Å². The smallest absolute Gasteiger partial charge is 0.412 e. The summed E-state index contributed by atoms with van der Waals surface area (Å²) in [4.78, 5) is 29.9. The first-order valence-electron chi connectivity index (χ1n) is 12.8. The number of pyridine rings is 1. The van der Waals surface area contributed by atoms with Crippen LogP contribution in [0.1, 0.15) is 65.5 Å². The van der Waals surface area contributed by atoms with Crippen molar-refractivity contribution in [2.24, 2.45) is 0 Å². The molecular weight excluding hydrogens is 492 g/mol. The molecule has 1 saturated heterocycles. The highest BCUT2D eigenvalue weighted by Crippen LogP contribution is 2.47. The van der Waals surface area contributed by atoms with E-state index in [0.717, 1.165) is 28.5 Å². The Morgan fingerprint density at radius 1 is 1.11 bits per heavy atom. The van der Waals surface area contributed by atoms with E-state index in [2.05, 4.69) is 5.32 Å². The van der Waals surface area contributed by atoms with Crippen molar-refractivity contribution < 1.29 is 28.2 Å². The lowest BCUT2D eigenvalue weighted by atomic mass is 9.79. The first-order valence-corrected chi connectivity index (χ1v) is 12.8. The van der Waals surface area contributed by atoms with Crippen LogP contribution < -0.4 is 5.32 Å².